The molecule has 17 heavy (non-hydrogen) atoms. The van der Waals surface area contributed by atoms with Crippen LogP contribution in [0.2, 0.25) is 0 Å². The van der Waals surface area contributed by atoms with Crippen molar-refractivity contribution < 1.29 is 14.2 Å². The molecule has 0 saturated heterocycles. The van der Waals surface area contributed by atoms with Crippen LogP contribution in [-0.2, 0) is 14.4 Å². The second kappa shape index (κ2) is 5.84. The van der Waals surface area contributed by atoms with Gasteiger partial charge >= 0.3 is 7.37 Å². The van der Waals surface area contributed by atoms with E-state index in [1.54, 1.807) is 31.2 Å². The third-order valence-corrected chi connectivity index (χ3v) is 6.09. The lowest BCUT2D eigenvalue weighted by molar-refractivity contribution is 0.132. The van der Waals surface area contributed by atoms with Gasteiger partial charge < -0.3 is 9.63 Å². The molecule has 0 fully saturated rings. The number of hydrogen-bond donors (Lipinski definition) is 1. The van der Waals surface area contributed by atoms with Gasteiger partial charge in [0.05, 0.1) is 0 Å². The second-order valence-corrected chi connectivity index (χ2v) is 6.40. The molecule has 0 heterocycles. The first kappa shape index (κ1) is 14.5. The molecular formula is C12H14BrO3P. The smallest absolute Gasteiger partial charge is 0.309 e. The van der Waals surface area contributed by atoms with Crippen LogP contribution >= 0.6 is 23.3 Å². The summed E-state index contributed by atoms with van der Waals surface area (Å²) < 4.78 is 17.6. The van der Waals surface area contributed by atoms with Gasteiger partial charge in [-0.25, -0.2) is 0 Å². The maximum Gasteiger partial charge on any atom is 0.309 e. The SMILES string of the molecule is CC#C[P@@](=O)(OC)[C@@](O)(CBr)c1ccccc1. The molecule has 1 rings (SSSR count). The van der Waals surface area contributed by atoms with Crippen molar-refractivity contribution in [3.05, 3.63) is 35.9 Å². The first-order valence-electron chi connectivity index (χ1n) is 4.98. The van der Waals surface area contributed by atoms with Gasteiger partial charge in [-0.3, -0.25) is 4.57 Å². The summed E-state index contributed by atoms with van der Waals surface area (Å²) in [7, 11) is -2.20. The molecule has 1 aromatic carbocycles. The summed E-state index contributed by atoms with van der Waals surface area (Å²) in [4.78, 5) is 0. The molecule has 0 saturated carbocycles. The second-order valence-electron chi connectivity index (χ2n) is 3.41. The van der Waals surface area contributed by atoms with Gasteiger partial charge in [0.15, 0.2) is 5.34 Å². The fraction of sp³-hybridized carbons (Fsp3) is 0.333. The van der Waals surface area contributed by atoms with E-state index in [0.717, 1.165) is 0 Å². The zero-order valence-electron chi connectivity index (χ0n) is 9.68. The molecule has 0 aliphatic carbocycles. The fourth-order valence-electron chi connectivity index (χ4n) is 1.47. The molecule has 2 atom stereocenters. The molecule has 0 radical (unpaired) electrons. The predicted octanol–water partition coefficient (Wildman–Crippen LogP) is 3.13. The Kier molecular flexibility index (Phi) is 4.97. The van der Waals surface area contributed by atoms with Crippen LogP contribution in [0.1, 0.15) is 12.5 Å². The van der Waals surface area contributed by atoms with Crippen molar-refractivity contribution in [2.24, 2.45) is 0 Å². The Morgan fingerprint density at radius 1 is 1.47 bits per heavy atom. The minimum absolute atomic E-state index is 0.0871. The number of hydrogen-bond acceptors (Lipinski definition) is 3. The highest BCUT2D eigenvalue weighted by Crippen LogP contribution is 2.62. The minimum atomic E-state index is -3.50. The van der Waals surface area contributed by atoms with Gasteiger partial charge in [-0.2, -0.15) is 0 Å². The maximum absolute atomic E-state index is 12.6. The average molecular weight is 317 g/mol. The molecule has 0 amide bonds. The number of rotatable bonds is 4. The van der Waals surface area contributed by atoms with Gasteiger partial charge in [-0.1, -0.05) is 52.2 Å². The molecule has 3 nitrogen and oxygen atoms in total. The highest BCUT2D eigenvalue weighted by Gasteiger charge is 2.47. The van der Waals surface area contributed by atoms with Crippen molar-refractivity contribution in [3.63, 3.8) is 0 Å². The van der Waals surface area contributed by atoms with E-state index in [1.807, 2.05) is 6.07 Å². The van der Waals surface area contributed by atoms with E-state index in [1.165, 1.54) is 7.11 Å². The van der Waals surface area contributed by atoms with Gasteiger partial charge in [0.1, 0.15) is 0 Å². The van der Waals surface area contributed by atoms with Gasteiger partial charge in [0.25, 0.3) is 0 Å². The molecule has 0 aliphatic rings. The van der Waals surface area contributed by atoms with Crippen LogP contribution in [0.25, 0.3) is 0 Å². The molecule has 0 spiro atoms. The number of aliphatic hydroxyl groups is 1. The number of alkyl halides is 1. The van der Waals surface area contributed by atoms with Crippen LogP contribution < -0.4 is 0 Å². The summed E-state index contributed by atoms with van der Waals surface area (Å²) >= 11 is 3.19. The van der Waals surface area contributed by atoms with Crippen molar-refractivity contribution in [2.75, 3.05) is 12.4 Å². The summed E-state index contributed by atoms with van der Waals surface area (Å²) in [5.74, 6) is 2.55. The predicted molar refractivity (Wildman–Crippen MR) is 72.2 cm³/mol. The molecule has 0 unspecified atom stereocenters. The van der Waals surface area contributed by atoms with Gasteiger partial charge in [0, 0.05) is 12.4 Å². The Hall–Kier alpha value is -0.590. The van der Waals surface area contributed by atoms with Crippen molar-refractivity contribution in [1.29, 1.82) is 0 Å². The molecule has 1 N–H and O–H groups in total. The zero-order chi connectivity index (χ0) is 12.9. The summed E-state index contributed by atoms with van der Waals surface area (Å²) in [6, 6.07) is 8.75. The molecule has 0 aliphatic heterocycles. The van der Waals surface area contributed by atoms with E-state index in [0.29, 0.717) is 5.56 Å². The Morgan fingerprint density at radius 2 is 2.06 bits per heavy atom. The zero-order valence-corrected chi connectivity index (χ0v) is 12.2. The number of benzene rings is 1. The molecule has 0 aromatic heterocycles. The molecule has 5 heteroatoms. The van der Waals surface area contributed by atoms with Crippen LogP contribution in [0.3, 0.4) is 0 Å². The topological polar surface area (TPSA) is 46.5 Å². The summed E-state index contributed by atoms with van der Waals surface area (Å²) in [5.41, 5.74) is 3.02. The van der Waals surface area contributed by atoms with Crippen molar-refractivity contribution >= 4 is 23.3 Å². The normalized spacial score (nSPS) is 17.4. The lowest BCUT2D eigenvalue weighted by Crippen LogP contribution is -2.27. The van der Waals surface area contributed by atoms with Crippen molar-refractivity contribution in [2.45, 2.75) is 12.3 Å². The average Bonchev–Trinajstić information content (AvgIpc) is 2.38. The lowest BCUT2D eigenvalue weighted by Gasteiger charge is -2.30. The number of halogens is 1. The Labute approximate surface area is 110 Å². The van der Waals surface area contributed by atoms with Crippen LogP contribution in [0.5, 0.6) is 0 Å². The van der Waals surface area contributed by atoms with Crippen LogP contribution in [0.15, 0.2) is 30.3 Å². The molecule has 1 aromatic rings. The minimum Gasteiger partial charge on any atom is -0.374 e. The van der Waals surface area contributed by atoms with E-state index in [-0.39, 0.29) is 5.33 Å². The van der Waals surface area contributed by atoms with Crippen LogP contribution in [0, 0.1) is 11.6 Å². The summed E-state index contributed by atoms with van der Waals surface area (Å²) in [6.45, 7) is 1.56. The Morgan fingerprint density at radius 3 is 2.47 bits per heavy atom. The molecular weight excluding hydrogens is 303 g/mol. The summed E-state index contributed by atoms with van der Waals surface area (Å²) in [5, 5.41) is 9.06. The maximum atomic E-state index is 12.6. The largest absolute Gasteiger partial charge is 0.374 e. The monoisotopic (exact) mass is 316 g/mol. The van der Waals surface area contributed by atoms with E-state index in [4.69, 9.17) is 4.52 Å². The van der Waals surface area contributed by atoms with E-state index in [9.17, 15) is 9.67 Å². The van der Waals surface area contributed by atoms with Crippen LogP contribution in [-0.4, -0.2) is 17.5 Å². The lowest BCUT2D eigenvalue weighted by atomic mass is 10.1. The summed E-state index contributed by atoms with van der Waals surface area (Å²) in [6.07, 6.45) is 0. The van der Waals surface area contributed by atoms with E-state index >= 15 is 0 Å². The van der Waals surface area contributed by atoms with E-state index in [2.05, 4.69) is 27.5 Å². The highest BCUT2D eigenvalue weighted by molar-refractivity contribution is 9.09. The fourth-order valence-corrected chi connectivity index (χ4v) is 4.30. The Bertz CT molecular complexity index is 478. The first-order valence-corrected chi connectivity index (χ1v) is 7.72. The van der Waals surface area contributed by atoms with E-state index < -0.39 is 12.7 Å². The van der Waals surface area contributed by atoms with Gasteiger partial charge in [-0.15, -0.1) is 0 Å². The first-order chi connectivity index (χ1) is 8.04. The third kappa shape index (κ3) is 2.64. The standard InChI is InChI=1S/C12H14BrO3P/c1-3-9-17(15,16-2)12(14,10-13)11-7-5-4-6-8-11/h4-8,14H,10H2,1-2H3/t12-,17+/m0/s1. The van der Waals surface area contributed by atoms with Crippen molar-refractivity contribution in [3.8, 4) is 11.6 Å². The molecule has 92 valence electrons. The van der Waals surface area contributed by atoms with Crippen molar-refractivity contribution in [1.82, 2.24) is 0 Å². The van der Waals surface area contributed by atoms with Gasteiger partial charge in [-0.05, 0) is 18.1 Å². The quantitative estimate of drug-likeness (QED) is 0.527. The Balaban J connectivity index is 3.38. The third-order valence-electron chi connectivity index (χ3n) is 2.43. The van der Waals surface area contributed by atoms with Crippen LogP contribution in [0.4, 0.5) is 0 Å². The van der Waals surface area contributed by atoms with Gasteiger partial charge in [0.2, 0.25) is 0 Å². The highest BCUT2D eigenvalue weighted by atomic mass is 79.9. The molecule has 0 bridgehead atoms.